The van der Waals surface area contributed by atoms with E-state index in [9.17, 15) is 4.79 Å². The topological polar surface area (TPSA) is 44.8 Å². The molecule has 2 amide bonds. The highest BCUT2D eigenvalue weighted by atomic mass is 16.5. The van der Waals surface area contributed by atoms with E-state index in [-0.39, 0.29) is 6.03 Å². The molecular weight excluding hydrogens is 302 g/mol. The number of carbonyl (C=O) groups is 1. The van der Waals surface area contributed by atoms with Gasteiger partial charge in [0, 0.05) is 51.1 Å². The molecule has 1 N–H and O–H groups in total. The summed E-state index contributed by atoms with van der Waals surface area (Å²) in [6, 6.07) is 8.08. The molecule has 134 valence electrons. The van der Waals surface area contributed by atoms with Crippen molar-refractivity contribution in [3.63, 3.8) is 0 Å². The number of hydrogen-bond donors (Lipinski definition) is 1. The maximum atomic E-state index is 12.4. The van der Waals surface area contributed by atoms with Gasteiger partial charge in [0.05, 0.1) is 6.61 Å². The molecule has 0 bridgehead atoms. The number of nitrogens with zero attached hydrogens (tertiary/aromatic N) is 2. The molecule has 1 heterocycles. The number of unbranched alkanes of at least 4 members (excludes halogenated alkanes) is 1. The summed E-state index contributed by atoms with van der Waals surface area (Å²) in [5.74, 6) is 0.448. The minimum atomic E-state index is -0.0112. The predicted octanol–water partition coefficient (Wildman–Crippen LogP) is 3.81. The number of methoxy groups -OCH3 is 1. The van der Waals surface area contributed by atoms with Gasteiger partial charge in [0.15, 0.2) is 0 Å². The Morgan fingerprint density at radius 1 is 1.38 bits per heavy atom. The zero-order chi connectivity index (χ0) is 17.4. The van der Waals surface area contributed by atoms with E-state index in [1.807, 2.05) is 17.0 Å². The number of benzene rings is 1. The van der Waals surface area contributed by atoms with E-state index in [1.165, 1.54) is 18.5 Å². The molecule has 1 aromatic rings. The van der Waals surface area contributed by atoms with Crippen molar-refractivity contribution >= 4 is 17.4 Å². The largest absolute Gasteiger partial charge is 0.384 e. The van der Waals surface area contributed by atoms with Crippen molar-refractivity contribution < 1.29 is 9.53 Å². The Kier molecular flexibility index (Phi) is 7.37. The van der Waals surface area contributed by atoms with Gasteiger partial charge in [-0.2, -0.15) is 0 Å². The van der Waals surface area contributed by atoms with E-state index >= 15 is 0 Å². The molecule has 1 saturated heterocycles. The van der Waals surface area contributed by atoms with Crippen LogP contribution in [0.2, 0.25) is 0 Å². The highest BCUT2D eigenvalue weighted by Gasteiger charge is 2.23. The van der Waals surface area contributed by atoms with Crippen molar-refractivity contribution in [1.82, 2.24) is 4.90 Å². The quantitative estimate of drug-likeness (QED) is 0.825. The number of ether oxygens (including phenoxy) is 1. The molecule has 24 heavy (non-hydrogen) atoms. The lowest BCUT2D eigenvalue weighted by atomic mass is 9.99. The van der Waals surface area contributed by atoms with Crippen LogP contribution >= 0.6 is 0 Å². The summed E-state index contributed by atoms with van der Waals surface area (Å²) in [5, 5.41) is 3.01. The van der Waals surface area contributed by atoms with Crippen LogP contribution in [-0.4, -0.2) is 51.3 Å². The minimum Gasteiger partial charge on any atom is -0.384 e. The van der Waals surface area contributed by atoms with Gasteiger partial charge in [-0.25, -0.2) is 4.79 Å². The molecule has 1 aliphatic heterocycles. The Labute approximate surface area is 146 Å². The van der Waals surface area contributed by atoms with Crippen molar-refractivity contribution in [1.29, 1.82) is 0 Å². The van der Waals surface area contributed by atoms with Crippen molar-refractivity contribution in [3.8, 4) is 0 Å². The molecule has 1 atom stereocenters. The molecule has 2 rings (SSSR count). The van der Waals surface area contributed by atoms with Gasteiger partial charge in [-0.15, -0.1) is 0 Å². The van der Waals surface area contributed by atoms with Gasteiger partial charge in [-0.05, 0) is 43.5 Å². The number of urea groups is 1. The summed E-state index contributed by atoms with van der Waals surface area (Å²) >= 11 is 0. The second-order valence-corrected chi connectivity index (χ2v) is 6.66. The molecule has 0 aliphatic carbocycles. The van der Waals surface area contributed by atoms with E-state index in [2.05, 4.69) is 36.3 Å². The average molecular weight is 333 g/mol. The van der Waals surface area contributed by atoms with Crippen LogP contribution in [0.4, 0.5) is 16.2 Å². The Bertz CT molecular complexity index is 502. The van der Waals surface area contributed by atoms with Crippen LogP contribution < -0.4 is 10.2 Å². The van der Waals surface area contributed by atoms with E-state index in [1.54, 1.807) is 7.11 Å². The minimum absolute atomic E-state index is 0.0112. The number of carbonyl (C=O) groups excluding carboxylic acids is 1. The first-order chi connectivity index (χ1) is 11.6. The van der Waals surface area contributed by atoms with Crippen LogP contribution in [0.25, 0.3) is 0 Å². The number of hydrogen-bond acceptors (Lipinski definition) is 3. The molecule has 0 spiro atoms. The van der Waals surface area contributed by atoms with Gasteiger partial charge < -0.3 is 19.9 Å². The fraction of sp³-hybridized carbons (Fsp3) is 0.632. The summed E-state index contributed by atoms with van der Waals surface area (Å²) in [6.07, 6.45) is 4.56. The standard InChI is InChI=1S/C19H31N3O2/c1-4-5-12-21(2)18-10-8-17(9-11-18)20-19(23)22-13-6-7-16(14-22)15-24-3/h8-11,16H,4-7,12-15H2,1-3H3,(H,20,23). The molecule has 1 aliphatic rings. The van der Waals surface area contributed by atoms with E-state index < -0.39 is 0 Å². The lowest BCUT2D eigenvalue weighted by Crippen LogP contribution is -2.43. The average Bonchev–Trinajstić information content (AvgIpc) is 2.61. The first-order valence-corrected chi connectivity index (χ1v) is 9.00. The Morgan fingerprint density at radius 3 is 2.79 bits per heavy atom. The maximum absolute atomic E-state index is 12.4. The Morgan fingerprint density at radius 2 is 2.12 bits per heavy atom. The normalized spacial score (nSPS) is 17.6. The van der Waals surface area contributed by atoms with Crippen LogP contribution in [0, 0.1) is 5.92 Å². The van der Waals surface area contributed by atoms with Gasteiger partial charge >= 0.3 is 6.03 Å². The molecule has 5 heteroatoms. The van der Waals surface area contributed by atoms with Crippen molar-refractivity contribution in [2.24, 2.45) is 5.92 Å². The van der Waals surface area contributed by atoms with Gasteiger partial charge in [0.1, 0.15) is 0 Å². The number of nitrogens with one attached hydrogen (secondary N) is 1. The number of anilines is 2. The second-order valence-electron chi connectivity index (χ2n) is 6.66. The Hall–Kier alpha value is -1.75. The highest BCUT2D eigenvalue weighted by Crippen LogP contribution is 2.20. The fourth-order valence-corrected chi connectivity index (χ4v) is 3.15. The molecule has 0 saturated carbocycles. The van der Waals surface area contributed by atoms with E-state index in [0.717, 1.165) is 44.8 Å². The molecule has 1 fully saturated rings. The van der Waals surface area contributed by atoms with Gasteiger partial charge in [-0.3, -0.25) is 0 Å². The van der Waals surface area contributed by atoms with Gasteiger partial charge in [0.25, 0.3) is 0 Å². The van der Waals surface area contributed by atoms with Gasteiger partial charge in [-0.1, -0.05) is 13.3 Å². The van der Waals surface area contributed by atoms with Crippen LogP contribution in [0.5, 0.6) is 0 Å². The molecule has 0 aromatic heterocycles. The summed E-state index contributed by atoms with van der Waals surface area (Å²) in [6.45, 7) is 5.57. The van der Waals surface area contributed by atoms with Crippen LogP contribution in [0.3, 0.4) is 0 Å². The van der Waals surface area contributed by atoms with Crippen molar-refractivity contribution in [2.45, 2.75) is 32.6 Å². The van der Waals surface area contributed by atoms with Crippen LogP contribution in [0.1, 0.15) is 32.6 Å². The zero-order valence-electron chi connectivity index (χ0n) is 15.3. The monoisotopic (exact) mass is 333 g/mol. The highest BCUT2D eigenvalue weighted by molar-refractivity contribution is 5.89. The number of likely N-dealkylation sites (tertiary alicyclic amines) is 1. The third-order valence-electron chi connectivity index (χ3n) is 4.61. The molecule has 1 unspecified atom stereocenters. The predicted molar refractivity (Wildman–Crippen MR) is 99.8 cm³/mol. The van der Waals surface area contributed by atoms with E-state index in [4.69, 9.17) is 4.74 Å². The summed E-state index contributed by atoms with van der Waals surface area (Å²) in [4.78, 5) is 16.6. The lowest BCUT2D eigenvalue weighted by Gasteiger charge is -2.32. The number of amides is 2. The summed E-state index contributed by atoms with van der Waals surface area (Å²) in [7, 11) is 3.82. The number of rotatable bonds is 7. The van der Waals surface area contributed by atoms with Crippen molar-refractivity contribution in [2.75, 3.05) is 50.6 Å². The van der Waals surface area contributed by atoms with Gasteiger partial charge in [0.2, 0.25) is 0 Å². The molecular formula is C19H31N3O2. The fourth-order valence-electron chi connectivity index (χ4n) is 3.15. The van der Waals surface area contributed by atoms with E-state index in [0.29, 0.717) is 5.92 Å². The third kappa shape index (κ3) is 5.41. The number of piperidine rings is 1. The maximum Gasteiger partial charge on any atom is 0.321 e. The second kappa shape index (κ2) is 9.52. The van der Waals surface area contributed by atoms with Crippen LogP contribution in [0.15, 0.2) is 24.3 Å². The Balaban J connectivity index is 1.87. The smallest absolute Gasteiger partial charge is 0.321 e. The first-order valence-electron chi connectivity index (χ1n) is 9.00. The van der Waals surface area contributed by atoms with Crippen LogP contribution in [-0.2, 0) is 4.74 Å². The molecule has 5 nitrogen and oxygen atoms in total. The SMILES string of the molecule is CCCCN(C)c1ccc(NC(=O)N2CCCC(COC)C2)cc1. The molecule has 1 aromatic carbocycles. The van der Waals surface area contributed by atoms with Crippen molar-refractivity contribution in [3.05, 3.63) is 24.3 Å². The first kappa shape index (κ1) is 18.6. The molecule has 0 radical (unpaired) electrons. The summed E-state index contributed by atoms with van der Waals surface area (Å²) < 4.78 is 5.23. The third-order valence-corrected chi connectivity index (χ3v) is 4.61. The zero-order valence-corrected chi connectivity index (χ0v) is 15.3. The lowest BCUT2D eigenvalue weighted by molar-refractivity contribution is 0.104. The summed E-state index contributed by atoms with van der Waals surface area (Å²) in [5.41, 5.74) is 2.03.